The molecule has 0 radical (unpaired) electrons. The highest BCUT2D eigenvalue weighted by Crippen LogP contribution is 2.40. The van der Waals surface area contributed by atoms with Crippen molar-refractivity contribution in [3.05, 3.63) is 139 Å². The van der Waals surface area contributed by atoms with Gasteiger partial charge in [0.15, 0.2) is 0 Å². The largest absolute Gasteiger partial charge is 0.456 e. The Bertz CT molecular complexity index is 1820. The Labute approximate surface area is 216 Å². The number of benzene rings is 5. The van der Waals surface area contributed by atoms with E-state index in [2.05, 4.69) is 109 Å². The summed E-state index contributed by atoms with van der Waals surface area (Å²) >= 11 is 0. The summed E-state index contributed by atoms with van der Waals surface area (Å²) in [6, 6.07) is 38.2. The van der Waals surface area contributed by atoms with Crippen molar-refractivity contribution in [2.45, 2.75) is 6.42 Å². The monoisotopic (exact) mass is 475 g/mol. The molecule has 0 bridgehead atoms. The van der Waals surface area contributed by atoms with Crippen LogP contribution >= 0.6 is 0 Å². The van der Waals surface area contributed by atoms with E-state index in [1.807, 2.05) is 24.3 Å². The zero-order chi connectivity index (χ0) is 24.8. The molecular formula is C35H25NO. The van der Waals surface area contributed by atoms with Gasteiger partial charge in [-0.1, -0.05) is 104 Å². The zero-order valence-corrected chi connectivity index (χ0v) is 20.4. The Morgan fingerprint density at radius 2 is 1.41 bits per heavy atom. The fourth-order valence-electron chi connectivity index (χ4n) is 5.40. The van der Waals surface area contributed by atoms with Gasteiger partial charge in [0, 0.05) is 27.7 Å². The predicted molar refractivity (Wildman–Crippen MR) is 156 cm³/mol. The smallest absolute Gasteiger partial charge is 0.136 e. The summed E-state index contributed by atoms with van der Waals surface area (Å²) in [4.78, 5) is 0. The number of hydrogen-bond acceptors (Lipinski definition) is 2. The summed E-state index contributed by atoms with van der Waals surface area (Å²) in [5, 5.41) is 5.74. The van der Waals surface area contributed by atoms with Crippen LogP contribution < -0.4 is 5.32 Å². The van der Waals surface area contributed by atoms with Gasteiger partial charge in [-0.15, -0.1) is 0 Å². The maximum atomic E-state index is 6.33. The third-order valence-corrected chi connectivity index (χ3v) is 7.23. The molecule has 0 saturated carbocycles. The summed E-state index contributed by atoms with van der Waals surface area (Å²) in [6.45, 7) is 4.43. The van der Waals surface area contributed by atoms with Crippen LogP contribution in [0, 0.1) is 0 Å². The van der Waals surface area contributed by atoms with Gasteiger partial charge in [-0.2, -0.15) is 0 Å². The van der Waals surface area contributed by atoms with E-state index in [4.69, 9.17) is 4.42 Å². The SMILES string of the molecule is C=C(Nc1ccc2c(c1)C=CC2)c1cccc2oc3cccc(-c4ccc(-c5ccccc5)cc4)c3c12. The first-order valence-electron chi connectivity index (χ1n) is 12.6. The summed E-state index contributed by atoms with van der Waals surface area (Å²) in [6.07, 6.45) is 5.39. The first-order chi connectivity index (χ1) is 18.2. The van der Waals surface area contributed by atoms with Crippen LogP contribution in [-0.4, -0.2) is 0 Å². The summed E-state index contributed by atoms with van der Waals surface area (Å²) in [5.74, 6) is 0. The molecule has 1 aliphatic rings. The highest BCUT2D eigenvalue weighted by atomic mass is 16.3. The normalized spacial score (nSPS) is 12.2. The minimum Gasteiger partial charge on any atom is -0.456 e. The van der Waals surface area contributed by atoms with E-state index in [-0.39, 0.29) is 0 Å². The van der Waals surface area contributed by atoms with Crippen molar-refractivity contribution in [1.29, 1.82) is 0 Å². The van der Waals surface area contributed by atoms with Gasteiger partial charge in [-0.05, 0) is 64.1 Å². The van der Waals surface area contributed by atoms with Gasteiger partial charge in [0.1, 0.15) is 11.2 Å². The average Bonchev–Trinajstić information content (AvgIpc) is 3.57. The van der Waals surface area contributed by atoms with E-state index in [0.29, 0.717) is 0 Å². The molecule has 1 aromatic heterocycles. The van der Waals surface area contributed by atoms with E-state index in [9.17, 15) is 0 Å². The zero-order valence-electron chi connectivity index (χ0n) is 20.4. The van der Waals surface area contributed by atoms with Crippen LogP contribution in [0.4, 0.5) is 5.69 Å². The fraction of sp³-hybridized carbons (Fsp3) is 0.0286. The summed E-state index contributed by atoms with van der Waals surface area (Å²) < 4.78 is 6.33. The standard InChI is InChI=1S/C35H25NO/c1-23(36-29-21-20-25-10-5-11-28(25)22-29)30-12-6-14-32-34(30)35-31(13-7-15-33(35)37-32)27-18-16-26(17-19-27)24-8-3-2-4-9-24/h2-9,11-22,36H,1,10H2. The van der Waals surface area contributed by atoms with Crippen molar-refractivity contribution in [3.63, 3.8) is 0 Å². The van der Waals surface area contributed by atoms with Crippen molar-refractivity contribution in [2.24, 2.45) is 0 Å². The van der Waals surface area contributed by atoms with Gasteiger partial charge in [-0.3, -0.25) is 0 Å². The van der Waals surface area contributed by atoms with Crippen molar-refractivity contribution in [3.8, 4) is 22.3 Å². The second kappa shape index (κ2) is 8.69. The number of rotatable bonds is 5. The topological polar surface area (TPSA) is 25.2 Å². The second-order valence-corrected chi connectivity index (χ2v) is 9.53. The molecule has 0 unspecified atom stereocenters. The molecule has 0 atom stereocenters. The molecule has 0 spiro atoms. The molecule has 2 heteroatoms. The Balaban J connectivity index is 1.32. The van der Waals surface area contributed by atoms with E-state index in [1.54, 1.807) is 0 Å². The second-order valence-electron chi connectivity index (χ2n) is 9.53. The van der Waals surface area contributed by atoms with Gasteiger partial charge < -0.3 is 9.73 Å². The fourth-order valence-corrected chi connectivity index (χ4v) is 5.40. The highest BCUT2D eigenvalue weighted by molar-refractivity contribution is 6.16. The molecule has 2 nitrogen and oxygen atoms in total. The van der Waals surface area contributed by atoms with E-state index in [1.165, 1.54) is 22.3 Å². The maximum Gasteiger partial charge on any atom is 0.136 e. The molecule has 7 rings (SSSR count). The number of anilines is 1. The van der Waals surface area contributed by atoms with Gasteiger partial charge in [0.05, 0.1) is 0 Å². The average molecular weight is 476 g/mol. The molecule has 0 amide bonds. The van der Waals surface area contributed by atoms with Gasteiger partial charge >= 0.3 is 0 Å². The Morgan fingerprint density at radius 3 is 2.24 bits per heavy atom. The van der Waals surface area contributed by atoms with Crippen molar-refractivity contribution in [1.82, 2.24) is 0 Å². The molecular weight excluding hydrogens is 450 g/mol. The summed E-state index contributed by atoms with van der Waals surface area (Å²) in [7, 11) is 0. The Hall–Kier alpha value is -4.82. The molecule has 1 N–H and O–H groups in total. The Kier molecular flexibility index (Phi) is 5.04. The molecule has 176 valence electrons. The van der Waals surface area contributed by atoms with E-state index >= 15 is 0 Å². The van der Waals surface area contributed by atoms with Crippen LogP contribution in [0.2, 0.25) is 0 Å². The van der Waals surface area contributed by atoms with Crippen molar-refractivity contribution in [2.75, 3.05) is 5.32 Å². The molecule has 0 fully saturated rings. The van der Waals surface area contributed by atoms with Gasteiger partial charge in [-0.25, -0.2) is 0 Å². The van der Waals surface area contributed by atoms with Crippen molar-refractivity contribution < 1.29 is 4.42 Å². The number of nitrogens with one attached hydrogen (secondary N) is 1. The Morgan fingerprint density at radius 1 is 0.676 bits per heavy atom. The van der Waals surface area contributed by atoms with Crippen LogP contribution in [0.3, 0.4) is 0 Å². The molecule has 0 aliphatic heterocycles. The minimum atomic E-state index is 0.851. The third-order valence-electron chi connectivity index (χ3n) is 7.23. The number of furan rings is 1. The molecule has 6 aromatic rings. The lowest BCUT2D eigenvalue weighted by Crippen LogP contribution is -1.98. The summed E-state index contributed by atoms with van der Waals surface area (Å²) in [5.41, 5.74) is 12.0. The van der Waals surface area contributed by atoms with Crippen molar-refractivity contribution >= 4 is 39.4 Å². The van der Waals surface area contributed by atoms with Gasteiger partial charge in [0.2, 0.25) is 0 Å². The minimum absolute atomic E-state index is 0.851. The van der Waals surface area contributed by atoms with Crippen LogP contribution in [0.5, 0.6) is 0 Å². The lowest BCUT2D eigenvalue weighted by molar-refractivity contribution is 0.669. The third kappa shape index (κ3) is 3.75. The predicted octanol–water partition coefficient (Wildman–Crippen LogP) is 9.57. The first-order valence-corrected chi connectivity index (χ1v) is 12.6. The lowest BCUT2D eigenvalue weighted by Gasteiger charge is -2.13. The van der Waals surface area contributed by atoms with Crippen LogP contribution in [-0.2, 0) is 6.42 Å². The number of allylic oxidation sites excluding steroid dienone is 1. The molecule has 0 saturated heterocycles. The first kappa shape index (κ1) is 21.5. The quantitative estimate of drug-likeness (QED) is 0.268. The van der Waals surface area contributed by atoms with Crippen LogP contribution in [0.1, 0.15) is 16.7 Å². The highest BCUT2D eigenvalue weighted by Gasteiger charge is 2.17. The molecule has 1 aliphatic carbocycles. The maximum absolute atomic E-state index is 6.33. The van der Waals surface area contributed by atoms with E-state index in [0.717, 1.165) is 56.4 Å². The lowest BCUT2D eigenvalue weighted by atomic mass is 9.95. The molecule has 1 heterocycles. The van der Waals surface area contributed by atoms with Crippen LogP contribution in [0.25, 0.3) is 56.0 Å². The number of hydrogen-bond donors (Lipinski definition) is 1. The van der Waals surface area contributed by atoms with E-state index < -0.39 is 0 Å². The number of fused-ring (bicyclic) bond motifs is 4. The van der Waals surface area contributed by atoms with Crippen LogP contribution in [0.15, 0.2) is 126 Å². The molecule has 5 aromatic carbocycles. The molecule has 37 heavy (non-hydrogen) atoms. The van der Waals surface area contributed by atoms with Gasteiger partial charge in [0.25, 0.3) is 0 Å².